The first-order valence-corrected chi connectivity index (χ1v) is 7.07. The van der Waals surface area contributed by atoms with Crippen LogP contribution >= 0.6 is 11.3 Å². The van der Waals surface area contributed by atoms with Gasteiger partial charge in [0, 0.05) is 19.7 Å². The van der Waals surface area contributed by atoms with E-state index in [0.29, 0.717) is 5.13 Å². The number of carbonyl (C=O) groups is 1. The molecule has 2 aromatic rings. The third kappa shape index (κ3) is 2.21. The number of carbonyl (C=O) groups excluding carboxylic acids is 1. The second-order valence-corrected chi connectivity index (χ2v) is 5.60. The van der Waals surface area contributed by atoms with Gasteiger partial charge in [-0.3, -0.25) is 4.79 Å². The van der Waals surface area contributed by atoms with Gasteiger partial charge in [0.15, 0.2) is 5.13 Å². The Balaban J connectivity index is 2.06. The van der Waals surface area contributed by atoms with Crippen LogP contribution in [0.2, 0.25) is 0 Å². The number of thiazole rings is 1. The topological polar surface area (TPSA) is 54.0 Å². The van der Waals surface area contributed by atoms with E-state index in [9.17, 15) is 4.79 Å². The van der Waals surface area contributed by atoms with Gasteiger partial charge in [0.2, 0.25) is 5.91 Å². The summed E-state index contributed by atoms with van der Waals surface area (Å²) in [5.41, 5.74) is 4.78. The smallest absolute Gasteiger partial charge is 0.223 e. The summed E-state index contributed by atoms with van der Waals surface area (Å²) in [6.07, 6.45) is 1.95. The quantitative estimate of drug-likeness (QED) is 0.884. The molecule has 4 nitrogen and oxygen atoms in total. The zero-order chi connectivity index (χ0) is 13.4. The van der Waals surface area contributed by atoms with Crippen LogP contribution in [-0.2, 0) is 17.6 Å². The lowest BCUT2D eigenvalue weighted by atomic mass is 9.93. The minimum atomic E-state index is -0.0738. The Morgan fingerprint density at radius 3 is 2.95 bits per heavy atom. The summed E-state index contributed by atoms with van der Waals surface area (Å²) < 4.78 is 0. The van der Waals surface area contributed by atoms with E-state index in [-0.39, 0.29) is 5.91 Å². The Morgan fingerprint density at radius 2 is 2.21 bits per heavy atom. The van der Waals surface area contributed by atoms with Crippen molar-refractivity contribution in [3.05, 3.63) is 29.5 Å². The normalized spacial score (nSPS) is 12.5. The van der Waals surface area contributed by atoms with Gasteiger partial charge in [-0.25, -0.2) is 4.98 Å². The highest BCUT2D eigenvalue weighted by molar-refractivity contribution is 7.19. The molecule has 0 aliphatic heterocycles. The molecule has 1 heterocycles. The van der Waals surface area contributed by atoms with Gasteiger partial charge in [0.1, 0.15) is 0 Å². The Kier molecular flexibility index (Phi) is 2.98. The molecular formula is C14H15N3OS. The van der Waals surface area contributed by atoms with Gasteiger partial charge in [0.25, 0.3) is 0 Å². The Labute approximate surface area is 115 Å². The standard InChI is InChI=1S/C14H15N3OS/c1-8(18)16-14-17-12-6-4-9-3-5-10(15-2)7-11(9)13(12)19-14/h3,5,7,15H,4,6H2,1-2H3,(H,16,17,18). The molecule has 1 aliphatic carbocycles. The first kappa shape index (κ1) is 12.2. The van der Waals surface area contributed by atoms with Crippen molar-refractivity contribution in [1.82, 2.24) is 4.98 Å². The van der Waals surface area contributed by atoms with Crippen molar-refractivity contribution in [3.63, 3.8) is 0 Å². The number of hydrogen-bond donors (Lipinski definition) is 2. The third-order valence-corrected chi connectivity index (χ3v) is 4.30. The van der Waals surface area contributed by atoms with Crippen LogP contribution in [0.5, 0.6) is 0 Å². The van der Waals surface area contributed by atoms with Crippen molar-refractivity contribution < 1.29 is 4.79 Å². The van der Waals surface area contributed by atoms with E-state index in [1.165, 1.54) is 22.9 Å². The van der Waals surface area contributed by atoms with Crippen LogP contribution in [0.4, 0.5) is 10.8 Å². The van der Waals surface area contributed by atoms with Crippen LogP contribution in [0, 0.1) is 0 Å². The van der Waals surface area contributed by atoms with Crippen molar-refractivity contribution in [2.75, 3.05) is 17.7 Å². The lowest BCUT2D eigenvalue weighted by molar-refractivity contribution is -0.114. The van der Waals surface area contributed by atoms with E-state index in [4.69, 9.17) is 0 Å². The summed E-state index contributed by atoms with van der Waals surface area (Å²) >= 11 is 1.55. The fourth-order valence-electron chi connectivity index (χ4n) is 2.35. The molecule has 0 fully saturated rings. The van der Waals surface area contributed by atoms with Gasteiger partial charge < -0.3 is 10.6 Å². The molecule has 1 aliphatic rings. The van der Waals surface area contributed by atoms with E-state index < -0.39 is 0 Å². The number of nitrogens with zero attached hydrogens (tertiary/aromatic N) is 1. The average Bonchev–Trinajstić information content (AvgIpc) is 2.80. The number of hydrogen-bond acceptors (Lipinski definition) is 4. The molecule has 98 valence electrons. The summed E-state index contributed by atoms with van der Waals surface area (Å²) in [4.78, 5) is 16.8. The first-order chi connectivity index (χ1) is 9.17. The van der Waals surface area contributed by atoms with Crippen molar-refractivity contribution in [2.45, 2.75) is 19.8 Å². The number of anilines is 2. The van der Waals surface area contributed by atoms with E-state index >= 15 is 0 Å². The number of rotatable bonds is 2. The van der Waals surface area contributed by atoms with E-state index in [1.807, 2.05) is 7.05 Å². The molecule has 5 heteroatoms. The zero-order valence-corrected chi connectivity index (χ0v) is 11.7. The van der Waals surface area contributed by atoms with Gasteiger partial charge in [-0.05, 0) is 36.1 Å². The van der Waals surface area contributed by atoms with Crippen LogP contribution in [0.1, 0.15) is 18.2 Å². The maximum atomic E-state index is 11.1. The van der Waals surface area contributed by atoms with E-state index in [2.05, 4.69) is 33.8 Å². The molecule has 0 radical (unpaired) electrons. The van der Waals surface area contributed by atoms with Crippen LogP contribution in [0.15, 0.2) is 18.2 Å². The van der Waals surface area contributed by atoms with Crippen LogP contribution in [0.3, 0.4) is 0 Å². The van der Waals surface area contributed by atoms with Crippen molar-refractivity contribution in [1.29, 1.82) is 0 Å². The number of amides is 1. The molecule has 0 atom stereocenters. The maximum Gasteiger partial charge on any atom is 0.223 e. The highest BCUT2D eigenvalue weighted by atomic mass is 32.1. The van der Waals surface area contributed by atoms with Gasteiger partial charge in [0.05, 0.1) is 10.6 Å². The van der Waals surface area contributed by atoms with Crippen LogP contribution in [0.25, 0.3) is 10.4 Å². The van der Waals surface area contributed by atoms with Crippen molar-refractivity contribution >= 4 is 28.1 Å². The van der Waals surface area contributed by atoms with Gasteiger partial charge >= 0.3 is 0 Å². The number of fused-ring (bicyclic) bond motifs is 3. The lowest BCUT2D eigenvalue weighted by Crippen LogP contribution is -2.06. The Morgan fingerprint density at radius 1 is 1.37 bits per heavy atom. The number of benzene rings is 1. The fraction of sp³-hybridized carbons (Fsp3) is 0.286. The average molecular weight is 273 g/mol. The summed E-state index contributed by atoms with van der Waals surface area (Å²) in [6, 6.07) is 6.42. The molecule has 0 saturated heterocycles. The maximum absolute atomic E-state index is 11.1. The van der Waals surface area contributed by atoms with E-state index in [0.717, 1.165) is 24.2 Å². The molecule has 0 unspecified atom stereocenters. The molecule has 0 saturated carbocycles. The fourth-order valence-corrected chi connectivity index (χ4v) is 3.46. The molecule has 19 heavy (non-hydrogen) atoms. The molecule has 3 rings (SSSR count). The predicted octanol–water partition coefficient (Wildman–Crippen LogP) is 2.91. The van der Waals surface area contributed by atoms with Gasteiger partial charge in [-0.1, -0.05) is 17.4 Å². The molecule has 2 N–H and O–H groups in total. The van der Waals surface area contributed by atoms with Gasteiger partial charge in [-0.15, -0.1) is 0 Å². The number of aromatic nitrogens is 1. The van der Waals surface area contributed by atoms with Crippen LogP contribution in [-0.4, -0.2) is 17.9 Å². The molecule has 0 spiro atoms. The number of aryl methyl sites for hydroxylation is 2. The summed E-state index contributed by atoms with van der Waals surface area (Å²) in [6.45, 7) is 1.51. The van der Waals surface area contributed by atoms with Gasteiger partial charge in [-0.2, -0.15) is 0 Å². The number of nitrogens with one attached hydrogen (secondary N) is 2. The predicted molar refractivity (Wildman–Crippen MR) is 78.8 cm³/mol. The monoisotopic (exact) mass is 273 g/mol. The van der Waals surface area contributed by atoms with Crippen molar-refractivity contribution in [3.8, 4) is 10.4 Å². The minimum absolute atomic E-state index is 0.0738. The Bertz CT molecular complexity index is 648. The Hall–Kier alpha value is -1.88. The van der Waals surface area contributed by atoms with Crippen LogP contribution < -0.4 is 10.6 Å². The second-order valence-electron chi connectivity index (χ2n) is 4.60. The minimum Gasteiger partial charge on any atom is -0.388 e. The second kappa shape index (κ2) is 4.66. The molecule has 1 amide bonds. The van der Waals surface area contributed by atoms with E-state index in [1.54, 1.807) is 11.3 Å². The highest BCUT2D eigenvalue weighted by Crippen LogP contribution is 2.40. The SMILES string of the molecule is CNc1ccc2c(c1)-c1sc(NC(C)=O)nc1CC2. The van der Waals surface area contributed by atoms with Crippen molar-refractivity contribution in [2.24, 2.45) is 0 Å². The largest absolute Gasteiger partial charge is 0.388 e. The lowest BCUT2D eigenvalue weighted by Gasteiger charge is -2.16. The molecule has 1 aromatic carbocycles. The third-order valence-electron chi connectivity index (χ3n) is 3.25. The summed E-state index contributed by atoms with van der Waals surface area (Å²) in [5, 5.41) is 6.63. The first-order valence-electron chi connectivity index (χ1n) is 6.25. The summed E-state index contributed by atoms with van der Waals surface area (Å²) in [5.74, 6) is -0.0738. The summed E-state index contributed by atoms with van der Waals surface area (Å²) in [7, 11) is 1.92. The molecule has 1 aromatic heterocycles. The molecule has 0 bridgehead atoms. The zero-order valence-electron chi connectivity index (χ0n) is 10.9. The highest BCUT2D eigenvalue weighted by Gasteiger charge is 2.21. The molecular weight excluding hydrogens is 258 g/mol.